The minimum atomic E-state index is -3.32. The van der Waals surface area contributed by atoms with Crippen LogP contribution in [-0.4, -0.2) is 48.2 Å². The molecule has 2 N–H and O–H groups in total. The molecule has 0 bridgehead atoms. The first-order valence-corrected chi connectivity index (χ1v) is 11.7. The van der Waals surface area contributed by atoms with Gasteiger partial charge in [0.2, 0.25) is 0 Å². The van der Waals surface area contributed by atoms with Gasteiger partial charge in [0, 0.05) is 50.2 Å². The number of ether oxygens (including phenoxy) is 2. The molecule has 1 atom stereocenters. The van der Waals surface area contributed by atoms with Crippen LogP contribution in [0.15, 0.2) is 59.6 Å². The van der Waals surface area contributed by atoms with Crippen LogP contribution in [-0.2, 0) is 16.9 Å². The van der Waals surface area contributed by atoms with Crippen molar-refractivity contribution in [3.05, 3.63) is 60.3 Å². The van der Waals surface area contributed by atoms with E-state index in [1.165, 1.54) is 24.3 Å². The SMILES string of the molecule is CC(CCO)Oc1cc(Oc2ccc(S(C)(=O)=O)cc2)cc(C(=O)Nc2ccn(C)n2)c1. The fourth-order valence-electron chi connectivity index (χ4n) is 2.86. The Hall–Kier alpha value is -3.37. The van der Waals surface area contributed by atoms with Gasteiger partial charge in [-0.25, -0.2) is 8.42 Å². The molecule has 9 nitrogen and oxygen atoms in total. The van der Waals surface area contributed by atoms with Crippen molar-refractivity contribution in [3.8, 4) is 17.2 Å². The van der Waals surface area contributed by atoms with Gasteiger partial charge in [0.05, 0.1) is 11.0 Å². The Labute approximate surface area is 186 Å². The molecule has 1 aromatic heterocycles. The standard InChI is InChI=1S/C22H25N3O6S/c1-15(9-11-26)30-18-12-16(22(27)23-21-8-10-25(2)24-21)13-19(14-18)31-17-4-6-20(7-5-17)32(3,28)29/h4-8,10,12-15,26H,9,11H2,1-3H3,(H,23,24,27). The summed E-state index contributed by atoms with van der Waals surface area (Å²) in [6.45, 7) is 1.78. The van der Waals surface area contributed by atoms with Gasteiger partial charge < -0.3 is 19.9 Å². The number of nitrogens with one attached hydrogen (secondary N) is 1. The number of rotatable bonds is 9. The number of aryl methyl sites for hydroxylation is 1. The van der Waals surface area contributed by atoms with Gasteiger partial charge in [0.15, 0.2) is 15.7 Å². The molecule has 0 fully saturated rings. The smallest absolute Gasteiger partial charge is 0.257 e. The first-order chi connectivity index (χ1) is 15.1. The van der Waals surface area contributed by atoms with E-state index in [-0.39, 0.29) is 23.2 Å². The largest absolute Gasteiger partial charge is 0.490 e. The van der Waals surface area contributed by atoms with Crippen LogP contribution in [0, 0.1) is 0 Å². The third-order valence-corrected chi connectivity index (χ3v) is 5.59. The minimum Gasteiger partial charge on any atom is -0.490 e. The summed E-state index contributed by atoms with van der Waals surface area (Å²) in [5.41, 5.74) is 0.284. The number of benzene rings is 2. The topological polar surface area (TPSA) is 120 Å². The van der Waals surface area contributed by atoms with E-state index in [0.717, 1.165) is 6.26 Å². The Morgan fingerprint density at radius 1 is 1.12 bits per heavy atom. The van der Waals surface area contributed by atoms with Crippen LogP contribution in [0.5, 0.6) is 17.2 Å². The first kappa shape index (κ1) is 23.3. The number of aliphatic hydroxyl groups excluding tert-OH is 1. The molecule has 0 saturated heterocycles. The minimum absolute atomic E-state index is 0.0307. The Morgan fingerprint density at radius 2 is 1.81 bits per heavy atom. The van der Waals surface area contributed by atoms with Gasteiger partial charge in [-0.1, -0.05) is 0 Å². The zero-order valence-electron chi connectivity index (χ0n) is 18.0. The molecule has 1 amide bonds. The highest BCUT2D eigenvalue weighted by molar-refractivity contribution is 7.90. The van der Waals surface area contributed by atoms with Gasteiger partial charge in [0.25, 0.3) is 5.91 Å². The van der Waals surface area contributed by atoms with Crippen molar-refractivity contribution >= 4 is 21.6 Å². The lowest BCUT2D eigenvalue weighted by molar-refractivity contribution is 0.102. The number of sulfone groups is 1. The molecule has 2 aromatic carbocycles. The number of amides is 1. The molecule has 0 radical (unpaired) electrons. The number of aliphatic hydroxyl groups is 1. The maximum absolute atomic E-state index is 12.8. The van der Waals surface area contributed by atoms with E-state index < -0.39 is 15.7 Å². The number of carbonyl (C=O) groups is 1. The van der Waals surface area contributed by atoms with Crippen LogP contribution in [0.25, 0.3) is 0 Å². The van der Waals surface area contributed by atoms with Crippen LogP contribution in [0.2, 0.25) is 0 Å². The normalized spacial score (nSPS) is 12.2. The van der Waals surface area contributed by atoms with E-state index in [1.807, 2.05) is 0 Å². The fourth-order valence-corrected chi connectivity index (χ4v) is 3.49. The molecule has 0 spiro atoms. The van der Waals surface area contributed by atoms with Crippen LogP contribution in [0.3, 0.4) is 0 Å². The highest BCUT2D eigenvalue weighted by Gasteiger charge is 2.14. The number of carbonyl (C=O) groups excluding carboxylic acids is 1. The molecule has 0 aliphatic heterocycles. The van der Waals surface area contributed by atoms with E-state index in [0.29, 0.717) is 29.5 Å². The van der Waals surface area contributed by atoms with Gasteiger partial charge >= 0.3 is 0 Å². The maximum atomic E-state index is 12.8. The zero-order chi connectivity index (χ0) is 23.3. The number of nitrogens with zero attached hydrogens (tertiary/aromatic N) is 2. The highest BCUT2D eigenvalue weighted by atomic mass is 32.2. The second-order valence-corrected chi connectivity index (χ2v) is 9.32. The second-order valence-electron chi connectivity index (χ2n) is 7.31. The number of anilines is 1. The summed E-state index contributed by atoms with van der Waals surface area (Å²) in [7, 11) is -1.58. The van der Waals surface area contributed by atoms with Crippen LogP contribution in [0.4, 0.5) is 5.82 Å². The summed E-state index contributed by atoms with van der Waals surface area (Å²) in [5.74, 6) is 1.12. The summed E-state index contributed by atoms with van der Waals surface area (Å²) < 4.78 is 36.5. The molecular weight excluding hydrogens is 434 g/mol. The summed E-state index contributed by atoms with van der Waals surface area (Å²) in [5, 5.41) is 16.0. The fraction of sp³-hybridized carbons (Fsp3) is 0.273. The van der Waals surface area contributed by atoms with Gasteiger partial charge in [0.1, 0.15) is 17.2 Å². The Morgan fingerprint density at radius 3 is 2.41 bits per heavy atom. The van der Waals surface area contributed by atoms with Gasteiger partial charge in [-0.3, -0.25) is 9.48 Å². The van der Waals surface area contributed by atoms with Crippen molar-refractivity contribution in [1.82, 2.24) is 9.78 Å². The first-order valence-electron chi connectivity index (χ1n) is 9.85. The molecule has 0 aliphatic rings. The predicted molar refractivity (Wildman–Crippen MR) is 119 cm³/mol. The molecule has 10 heteroatoms. The molecule has 170 valence electrons. The molecule has 1 unspecified atom stereocenters. The lowest BCUT2D eigenvalue weighted by Gasteiger charge is -2.16. The van der Waals surface area contributed by atoms with E-state index in [1.54, 1.807) is 49.1 Å². The summed E-state index contributed by atoms with van der Waals surface area (Å²) >= 11 is 0. The second kappa shape index (κ2) is 9.84. The van der Waals surface area contributed by atoms with Crippen molar-refractivity contribution in [3.63, 3.8) is 0 Å². The third kappa shape index (κ3) is 6.32. The van der Waals surface area contributed by atoms with Crippen LogP contribution in [0.1, 0.15) is 23.7 Å². The highest BCUT2D eigenvalue weighted by Crippen LogP contribution is 2.29. The van der Waals surface area contributed by atoms with Crippen LogP contribution >= 0.6 is 0 Å². The molecular formula is C22H25N3O6S. The van der Waals surface area contributed by atoms with E-state index in [2.05, 4.69) is 10.4 Å². The molecule has 3 aromatic rings. The van der Waals surface area contributed by atoms with Crippen molar-refractivity contribution in [1.29, 1.82) is 0 Å². The van der Waals surface area contributed by atoms with Crippen molar-refractivity contribution in [2.24, 2.45) is 7.05 Å². The molecule has 0 saturated carbocycles. The van der Waals surface area contributed by atoms with Crippen molar-refractivity contribution < 1.29 is 27.8 Å². The zero-order valence-corrected chi connectivity index (χ0v) is 18.8. The molecule has 1 heterocycles. The Bertz CT molecular complexity index is 1190. The molecule has 32 heavy (non-hydrogen) atoms. The average molecular weight is 460 g/mol. The Kier molecular flexibility index (Phi) is 7.16. The van der Waals surface area contributed by atoms with Crippen LogP contribution < -0.4 is 14.8 Å². The number of aromatic nitrogens is 2. The number of hydrogen-bond acceptors (Lipinski definition) is 7. The van der Waals surface area contributed by atoms with Gasteiger partial charge in [-0.05, 0) is 43.3 Å². The average Bonchev–Trinajstić information content (AvgIpc) is 3.12. The lowest BCUT2D eigenvalue weighted by Crippen LogP contribution is -2.15. The van der Waals surface area contributed by atoms with E-state index in [4.69, 9.17) is 14.6 Å². The molecule has 0 aliphatic carbocycles. The summed E-state index contributed by atoms with van der Waals surface area (Å²) in [4.78, 5) is 12.9. The maximum Gasteiger partial charge on any atom is 0.257 e. The van der Waals surface area contributed by atoms with Crippen molar-refractivity contribution in [2.45, 2.75) is 24.3 Å². The monoisotopic (exact) mass is 459 g/mol. The van der Waals surface area contributed by atoms with Gasteiger partial charge in [-0.2, -0.15) is 5.10 Å². The third-order valence-electron chi connectivity index (χ3n) is 4.46. The van der Waals surface area contributed by atoms with E-state index >= 15 is 0 Å². The molecule has 3 rings (SSSR count). The van der Waals surface area contributed by atoms with Gasteiger partial charge in [-0.15, -0.1) is 0 Å². The predicted octanol–water partition coefficient (Wildman–Crippen LogP) is 3.02. The Balaban J connectivity index is 1.87. The lowest BCUT2D eigenvalue weighted by atomic mass is 10.1. The summed E-state index contributed by atoms with van der Waals surface area (Å²) in [6.07, 6.45) is 2.98. The summed E-state index contributed by atoms with van der Waals surface area (Å²) in [6, 6.07) is 12.4. The van der Waals surface area contributed by atoms with Crippen molar-refractivity contribution in [2.75, 3.05) is 18.2 Å². The quantitative estimate of drug-likeness (QED) is 0.505. The van der Waals surface area contributed by atoms with E-state index in [9.17, 15) is 13.2 Å². The number of hydrogen-bond donors (Lipinski definition) is 2.